The van der Waals surface area contributed by atoms with E-state index in [2.05, 4.69) is 15.5 Å². The average Bonchev–Trinajstić information content (AvgIpc) is 3.00. The van der Waals surface area contributed by atoms with Gasteiger partial charge in [0.2, 0.25) is 5.89 Å². The third-order valence-electron chi connectivity index (χ3n) is 5.58. The first-order valence-electron chi connectivity index (χ1n) is 8.66. The van der Waals surface area contributed by atoms with E-state index in [1.807, 2.05) is 27.7 Å². The van der Waals surface area contributed by atoms with Crippen LogP contribution in [0.4, 0.5) is 4.79 Å². The monoisotopic (exact) mass is 335 g/mol. The van der Waals surface area contributed by atoms with Gasteiger partial charge in [-0.3, -0.25) is 0 Å². The second-order valence-electron chi connectivity index (χ2n) is 8.57. The summed E-state index contributed by atoms with van der Waals surface area (Å²) in [5.41, 5.74) is -1.21. The third-order valence-corrected chi connectivity index (χ3v) is 5.58. The average molecular weight is 335 g/mol. The van der Waals surface area contributed by atoms with Crippen molar-refractivity contribution in [2.75, 3.05) is 6.54 Å². The highest BCUT2D eigenvalue weighted by Crippen LogP contribution is 2.71. The molecule has 5 rings (SSSR count). The fourth-order valence-corrected chi connectivity index (χ4v) is 4.58. The number of amides is 1. The molecule has 1 spiro atoms. The normalized spacial score (nSPS) is 33.0. The summed E-state index contributed by atoms with van der Waals surface area (Å²) in [6, 6.07) is 0. The number of alkyl carbamates (subject to hydrolysis) is 1. The highest BCUT2D eigenvalue weighted by molar-refractivity contribution is 5.67. The number of ether oxygens (including phenoxy) is 2. The van der Waals surface area contributed by atoms with E-state index in [-0.39, 0.29) is 16.6 Å². The molecule has 132 valence electrons. The van der Waals surface area contributed by atoms with Crippen molar-refractivity contribution in [3.8, 4) is 0 Å². The van der Waals surface area contributed by atoms with Gasteiger partial charge in [-0.2, -0.15) is 4.98 Å². The highest BCUT2D eigenvalue weighted by Gasteiger charge is 2.78. The molecule has 0 unspecified atom stereocenters. The van der Waals surface area contributed by atoms with Crippen molar-refractivity contribution in [2.45, 2.75) is 82.0 Å². The van der Waals surface area contributed by atoms with Crippen molar-refractivity contribution in [1.29, 1.82) is 0 Å². The molecular formula is C17H25N3O4. The molecule has 0 atom stereocenters. The van der Waals surface area contributed by atoms with Crippen molar-refractivity contribution < 1.29 is 18.8 Å². The molecule has 2 aliphatic heterocycles. The summed E-state index contributed by atoms with van der Waals surface area (Å²) in [7, 11) is 0. The van der Waals surface area contributed by atoms with Gasteiger partial charge in [0.15, 0.2) is 5.82 Å². The van der Waals surface area contributed by atoms with E-state index in [1.165, 1.54) is 0 Å². The van der Waals surface area contributed by atoms with Crippen LogP contribution in [0.3, 0.4) is 0 Å². The summed E-state index contributed by atoms with van der Waals surface area (Å²) in [4.78, 5) is 16.4. The van der Waals surface area contributed by atoms with Gasteiger partial charge in [-0.25, -0.2) is 4.79 Å². The number of hydrogen-bond donors (Lipinski definition) is 1. The fraction of sp³-hybridized carbons (Fsp3) is 0.824. The van der Waals surface area contributed by atoms with E-state index in [1.54, 1.807) is 0 Å². The van der Waals surface area contributed by atoms with Crippen LogP contribution < -0.4 is 5.32 Å². The number of nitrogens with one attached hydrogen (secondary N) is 1. The molecule has 0 radical (unpaired) electrons. The largest absolute Gasteiger partial charge is 0.444 e. The lowest BCUT2D eigenvalue weighted by Gasteiger charge is -2.48. The standard InChI is InChI=1S/C17H25N3O4/c1-11-19-12(23-20-11)16-8-15(9-16,24-17(16)6-5-7-17)10-18-13(21)22-14(2,3)4/h5-10H2,1-4H3,(H,18,21). The van der Waals surface area contributed by atoms with Crippen LogP contribution in [0.1, 0.15) is 64.6 Å². The van der Waals surface area contributed by atoms with Gasteiger partial charge in [-0.15, -0.1) is 0 Å². The second-order valence-corrected chi connectivity index (χ2v) is 8.57. The zero-order valence-electron chi connectivity index (χ0n) is 14.8. The topological polar surface area (TPSA) is 86.5 Å². The lowest BCUT2D eigenvalue weighted by molar-refractivity contribution is -0.108. The second kappa shape index (κ2) is 4.71. The number of carbonyl (C=O) groups is 1. The Bertz CT molecular complexity index is 666. The summed E-state index contributed by atoms with van der Waals surface area (Å²) in [6.45, 7) is 7.85. The molecule has 0 aromatic carbocycles. The first kappa shape index (κ1) is 15.9. The van der Waals surface area contributed by atoms with E-state index in [4.69, 9.17) is 14.0 Å². The molecule has 2 saturated heterocycles. The summed E-state index contributed by atoms with van der Waals surface area (Å²) in [6.07, 6.45) is 4.42. The molecule has 24 heavy (non-hydrogen) atoms. The zero-order valence-corrected chi connectivity index (χ0v) is 14.8. The predicted molar refractivity (Wildman–Crippen MR) is 84.6 cm³/mol. The summed E-state index contributed by atoms with van der Waals surface area (Å²) in [5.74, 6) is 1.36. The van der Waals surface area contributed by atoms with Gasteiger partial charge >= 0.3 is 6.09 Å². The molecule has 1 aromatic rings. The Hall–Kier alpha value is -1.63. The number of carbonyl (C=O) groups excluding carboxylic acids is 1. The van der Waals surface area contributed by atoms with Crippen LogP contribution in [0.25, 0.3) is 0 Å². The Morgan fingerprint density at radius 1 is 1.33 bits per heavy atom. The highest BCUT2D eigenvalue weighted by atomic mass is 16.6. The fourth-order valence-electron chi connectivity index (χ4n) is 4.58. The molecule has 1 amide bonds. The molecule has 1 N–H and O–H groups in total. The molecule has 4 aliphatic rings. The molecule has 2 saturated carbocycles. The van der Waals surface area contributed by atoms with Gasteiger partial charge in [0.25, 0.3) is 0 Å². The maximum atomic E-state index is 11.9. The van der Waals surface area contributed by atoms with Crippen molar-refractivity contribution in [1.82, 2.24) is 15.5 Å². The molecular weight excluding hydrogens is 310 g/mol. The number of nitrogens with zero attached hydrogens (tertiary/aromatic N) is 2. The molecule has 7 nitrogen and oxygen atoms in total. The van der Waals surface area contributed by atoms with Gasteiger partial charge in [0.1, 0.15) is 5.60 Å². The van der Waals surface area contributed by atoms with Crippen LogP contribution in [0, 0.1) is 6.92 Å². The summed E-state index contributed by atoms with van der Waals surface area (Å²) in [5, 5.41) is 6.83. The Kier molecular flexibility index (Phi) is 3.12. The van der Waals surface area contributed by atoms with Gasteiger partial charge in [-0.05, 0) is 59.8 Å². The van der Waals surface area contributed by atoms with Crippen LogP contribution >= 0.6 is 0 Å². The van der Waals surface area contributed by atoms with E-state index >= 15 is 0 Å². The number of aryl methyl sites for hydroxylation is 1. The van der Waals surface area contributed by atoms with E-state index in [9.17, 15) is 4.79 Å². The number of aromatic nitrogens is 2. The predicted octanol–water partition coefficient (Wildman–Crippen LogP) is 2.63. The quantitative estimate of drug-likeness (QED) is 0.914. The molecule has 2 bridgehead atoms. The number of hydrogen-bond acceptors (Lipinski definition) is 6. The first-order chi connectivity index (χ1) is 11.2. The Morgan fingerprint density at radius 3 is 2.54 bits per heavy atom. The van der Waals surface area contributed by atoms with Gasteiger partial charge in [0, 0.05) is 0 Å². The molecule has 3 heterocycles. The molecule has 1 aromatic heterocycles. The Balaban J connectivity index is 1.47. The van der Waals surface area contributed by atoms with Crippen LogP contribution in [0.2, 0.25) is 0 Å². The SMILES string of the molecule is Cc1noc(C23CC(CNC(=O)OC(C)(C)C)(C2)OC32CCC2)n1. The van der Waals surface area contributed by atoms with Gasteiger partial charge in [0.05, 0.1) is 23.2 Å². The van der Waals surface area contributed by atoms with Crippen LogP contribution in [-0.4, -0.2) is 39.6 Å². The lowest BCUT2D eigenvalue weighted by Crippen LogP contribution is -2.58. The van der Waals surface area contributed by atoms with Crippen LogP contribution in [-0.2, 0) is 14.9 Å². The summed E-state index contributed by atoms with van der Waals surface area (Å²) >= 11 is 0. The number of rotatable bonds is 3. The molecule has 4 fully saturated rings. The maximum Gasteiger partial charge on any atom is 0.407 e. The van der Waals surface area contributed by atoms with E-state index in [0.29, 0.717) is 18.3 Å². The minimum Gasteiger partial charge on any atom is -0.444 e. The van der Waals surface area contributed by atoms with E-state index in [0.717, 1.165) is 32.1 Å². The minimum absolute atomic E-state index is 0.178. The van der Waals surface area contributed by atoms with Crippen molar-refractivity contribution in [2.24, 2.45) is 0 Å². The lowest BCUT2D eigenvalue weighted by atomic mass is 9.51. The van der Waals surface area contributed by atoms with Crippen LogP contribution in [0.5, 0.6) is 0 Å². The zero-order chi connectivity index (χ0) is 17.2. The third kappa shape index (κ3) is 2.17. The molecule has 2 aliphatic carbocycles. The Labute approximate surface area is 141 Å². The first-order valence-corrected chi connectivity index (χ1v) is 8.66. The van der Waals surface area contributed by atoms with Gasteiger partial charge < -0.3 is 19.3 Å². The minimum atomic E-state index is -0.502. The Morgan fingerprint density at radius 2 is 2.04 bits per heavy atom. The van der Waals surface area contributed by atoms with Crippen LogP contribution in [0.15, 0.2) is 4.52 Å². The van der Waals surface area contributed by atoms with Crippen molar-refractivity contribution >= 4 is 6.09 Å². The van der Waals surface area contributed by atoms with E-state index < -0.39 is 11.7 Å². The van der Waals surface area contributed by atoms with Crippen molar-refractivity contribution in [3.05, 3.63) is 11.7 Å². The van der Waals surface area contributed by atoms with Gasteiger partial charge in [-0.1, -0.05) is 5.16 Å². The smallest absolute Gasteiger partial charge is 0.407 e. The molecule has 7 heteroatoms. The maximum absolute atomic E-state index is 11.9. The van der Waals surface area contributed by atoms with Crippen molar-refractivity contribution in [3.63, 3.8) is 0 Å². The summed E-state index contributed by atoms with van der Waals surface area (Å²) < 4.78 is 17.3.